The molecule has 2 rings (SSSR count). The predicted molar refractivity (Wildman–Crippen MR) is 85.3 cm³/mol. The van der Waals surface area contributed by atoms with Gasteiger partial charge in [0.05, 0.1) is 12.7 Å². The molecule has 0 aliphatic rings. The van der Waals surface area contributed by atoms with E-state index in [2.05, 4.69) is 17.4 Å². The number of halogens is 1. The second-order valence-electron chi connectivity index (χ2n) is 4.95. The number of hydrogen-bond acceptors (Lipinski definition) is 3. The summed E-state index contributed by atoms with van der Waals surface area (Å²) >= 11 is 5.83. The molecule has 0 bridgehead atoms. The molecule has 2 aromatic carbocycles. The summed E-state index contributed by atoms with van der Waals surface area (Å²) in [6.45, 7) is 1.82. The third-order valence-corrected chi connectivity index (χ3v) is 3.48. The Kier molecular flexibility index (Phi) is 6.21. The number of ether oxygens (including phenoxy) is 1. The van der Waals surface area contributed by atoms with E-state index in [0.29, 0.717) is 24.7 Å². The SMILES string of the molecule is COCc1cccc(CNCC(O)c2ccc(Cl)cc2)c1. The summed E-state index contributed by atoms with van der Waals surface area (Å²) in [4.78, 5) is 0. The molecule has 0 fully saturated rings. The number of hydrogen-bond donors (Lipinski definition) is 2. The Morgan fingerprint density at radius 3 is 2.57 bits per heavy atom. The lowest BCUT2D eigenvalue weighted by atomic mass is 10.1. The van der Waals surface area contributed by atoms with Crippen LogP contribution in [0.4, 0.5) is 0 Å². The van der Waals surface area contributed by atoms with Crippen LogP contribution in [0.5, 0.6) is 0 Å². The van der Waals surface area contributed by atoms with Gasteiger partial charge in [0.1, 0.15) is 0 Å². The quantitative estimate of drug-likeness (QED) is 0.824. The molecule has 0 saturated carbocycles. The maximum absolute atomic E-state index is 10.1. The van der Waals surface area contributed by atoms with Crippen molar-refractivity contribution in [2.75, 3.05) is 13.7 Å². The minimum Gasteiger partial charge on any atom is -0.387 e. The molecular weight excluding hydrogens is 286 g/mol. The first-order valence-corrected chi connectivity index (χ1v) is 7.28. The largest absolute Gasteiger partial charge is 0.387 e. The molecular formula is C17H20ClNO2. The summed E-state index contributed by atoms with van der Waals surface area (Å²) in [6, 6.07) is 15.5. The van der Waals surface area contributed by atoms with Gasteiger partial charge in [-0.25, -0.2) is 0 Å². The molecule has 2 N–H and O–H groups in total. The highest BCUT2D eigenvalue weighted by molar-refractivity contribution is 6.30. The number of methoxy groups -OCH3 is 1. The highest BCUT2D eigenvalue weighted by Crippen LogP contribution is 2.16. The van der Waals surface area contributed by atoms with E-state index in [-0.39, 0.29) is 0 Å². The van der Waals surface area contributed by atoms with E-state index < -0.39 is 6.10 Å². The van der Waals surface area contributed by atoms with Crippen molar-refractivity contribution in [1.29, 1.82) is 0 Å². The molecule has 0 aliphatic carbocycles. The van der Waals surface area contributed by atoms with Crippen molar-refractivity contribution in [3.63, 3.8) is 0 Å². The standard InChI is InChI=1S/C17H20ClNO2/c1-21-12-14-4-2-3-13(9-14)10-19-11-17(20)15-5-7-16(18)8-6-15/h2-9,17,19-20H,10-12H2,1H3. The normalized spacial score (nSPS) is 12.3. The molecule has 2 aromatic rings. The Labute approximate surface area is 130 Å². The molecule has 0 aliphatic heterocycles. The van der Waals surface area contributed by atoms with Crippen LogP contribution in [0.25, 0.3) is 0 Å². The lowest BCUT2D eigenvalue weighted by Crippen LogP contribution is -2.21. The van der Waals surface area contributed by atoms with Crippen molar-refractivity contribution in [2.45, 2.75) is 19.3 Å². The topological polar surface area (TPSA) is 41.5 Å². The molecule has 0 amide bonds. The Balaban J connectivity index is 1.83. The van der Waals surface area contributed by atoms with Gasteiger partial charge in [0.15, 0.2) is 0 Å². The minimum atomic E-state index is -0.538. The van der Waals surface area contributed by atoms with Crippen molar-refractivity contribution in [3.05, 3.63) is 70.2 Å². The van der Waals surface area contributed by atoms with Crippen LogP contribution in [0.3, 0.4) is 0 Å². The fraction of sp³-hybridized carbons (Fsp3) is 0.294. The van der Waals surface area contributed by atoms with Crippen LogP contribution in [0.2, 0.25) is 5.02 Å². The van der Waals surface area contributed by atoms with Crippen LogP contribution >= 0.6 is 11.6 Å². The monoisotopic (exact) mass is 305 g/mol. The fourth-order valence-electron chi connectivity index (χ4n) is 2.15. The number of aliphatic hydroxyl groups excluding tert-OH is 1. The maximum atomic E-state index is 10.1. The summed E-state index contributed by atoms with van der Waals surface area (Å²) in [7, 11) is 1.69. The van der Waals surface area contributed by atoms with Gasteiger partial charge in [-0.2, -0.15) is 0 Å². The molecule has 0 aromatic heterocycles. The summed E-state index contributed by atoms with van der Waals surface area (Å²) < 4.78 is 5.12. The first kappa shape index (κ1) is 16.0. The van der Waals surface area contributed by atoms with Gasteiger partial charge in [-0.3, -0.25) is 0 Å². The van der Waals surface area contributed by atoms with Crippen LogP contribution in [-0.4, -0.2) is 18.8 Å². The smallest absolute Gasteiger partial charge is 0.0914 e. The van der Waals surface area contributed by atoms with E-state index in [9.17, 15) is 5.11 Å². The van der Waals surface area contributed by atoms with Crippen molar-refractivity contribution >= 4 is 11.6 Å². The second kappa shape index (κ2) is 8.15. The Morgan fingerprint density at radius 1 is 1.14 bits per heavy atom. The number of nitrogens with one attached hydrogen (secondary N) is 1. The molecule has 112 valence electrons. The Morgan fingerprint density at radius 2 is 1.86 bits per heavy atom. The highest BCUT2D eigenvalue weighted by Gasteiger charge is 2.06. The van der Waals surface area contributed by atoms with E-state index in [4.69, 9.17) is 16.3 Å². The van der Waals surface area contributed by atoms with Gasteiger partial charge in [0, 0.05) is 25.2 Å². The Bertz CT molecular complexity index is 557. The lowest BCUT2D eigenvalue weighted by molar-refractivity contribution is 0.174. The zero-order valence-electron chi connectivity index (χ0n) is 12.1. The molecule has 21 heavy (non-hydrogen) atoms. The summed E-state index contributed by atoms with van der Waals surface area (Å²) in [5, 5.41) is 14.0. The average molecular weight is 306 g/mol. The molecule has 1 unspecified atom stereocenters. The Hall–Kier alpha value is -1.39. The average Bonchev–Trinajstić information content (AvgIpc) is 2.48. The van der Waals surface area contributed by atoms with Gasteiger partial charge in [-0.05, 0) is 28.8 Å². The van der Waals surface area contributed by atoms with E-state index >= 15 is 0 Å². The summed E-state index contributed by atoms with van der Waals surface area (Å²) in [6.07, 6.45) is -0.538. The summed E-state index contributed by atoms with van der Waals surface area (Å²) in [5.74, 6) is 0. The van der Waals surface area contributed by atoms with Crippen molar-refractivity contribution in [1.82, 2.24) is 5.32 Å². The van der Waals surface area contributed by atoms with Crippen LogP contribution < -0.4 is 5.32 Å². The van der Waals surface area contributed by atoms with Crippen molar-refractivity contribution < 1.29 is 9.84 Å². The van der Waals surface area contributed by atoms with Gasteiger partial charge in [0.25, 0.3) is 0 Å². The summed E-state index contributed by atoms with van der Waals surface area (Å²) in [5.41, 5.74) is 3.18. The molecule has 0 spiro atoms. The zero-order valence-corrected chi connectivity index (χ0v) is 12.8. The van der Waals surface area contributed by atoms with Crippen LogP contribution in [0.15, 0.2) is 48.5 Å². The first-order valence-electron chi connectivity index (χ1n) is 6.90. The van der Waals surface area contributed by atoms with Gasteiger partial charge in [0.2, 0.25) is 0 Å². The number of rotatable bonds is 7. The van der Waals surface area contributed by atoms with Gasteiger partial charge in [-0.1, -0.05) is 48.0 Å². The molecule has 0 heterocycles. The molecule has 3 nitrogen and oxygen atoms in total. The van der Waals surface area contributed by atoms with Crippen molar-refractivity contribution in [2.24, 2.45) is 0 Å². The van der Waals surface area contributed by atoms with Gasteiger partial charge in [-0.15, -0.1) is 0 Å². The zero-order chi connectivity index (χ0) is 15.1. The van der Waals surface area contributed by atoms with E-state index in [1.807, 2.05) is 24.3 Å². The minimum absolute atomic E-state index is 0.496. The maximum Gasteiger partial charge on any atom is 0.0914 e. The van der Waals surface area contributed by atoms with Crippen LogP contribution in [-0.2, 0) is 17.9 Å². The molecule has 4 heteroatoms. The van der Waals surface area contributed by atoms with Crippen LogP contribution in [0.1, 0.15) is 22.8 Å². The molecule has 0 radical (unpaired) electrons. The predicted octanol–water partition coefficient (Wildman–Crippen LogP) is 3.31. The van der Waals surface area contributed by atoms with E-state index in [1.165, 1.54) is 5.56 Å². The van der Waals surface area contributed by atoms with Gasteiger partial charge < -0.3 is 15.2 Å². The first-order chi connectivity index (χ1) is 10.2. The number of benzene rings is 2. The highest BCUT2D eigenvalue weighted by atomic mass is 35.5. The number of aliphatic hydroxyl groups is 1. The van der Waals surface area contributed by atoms with Gasteiger partial charge >= 0.3 is 0 Å². The van der Waals surface area contributed by atoms with Crippen LogP contribution in [0, 0.1) is 0 Å². The molecule has 0 saturated heterocycles. The third kappa shape index (κ3) is 5.14. The van der Waals surface area contributed by atoms with E-state index in [1.54, 1.807) is 19.2 Å². The van der Waals surface area contributed by atoms with E-state index in [0.717, 1.165) is 11.1 Å². The fourth-order valence-corrected chi connectivity index (χ4v) is 2.28. The third-order valence-electron chi connectivity index (χ3n) is 3.22. The van der Waals surface area contributed by atoms with Crippen molar-refractivity contribution in [3.8, 4) is 0 Å². The second-order valence-corrected chi connectivity index (χ2v) is 5.39. The molecule has 1 atom stereocenters. The lowest BCUT2D eigenvalue weighted by Gasteiger charge is -2.13.